The van der Waals surface area contributed by atoms with Gasteiger partial charge in [-0.15, -0.1) is 0 Å². The number of nitrogens with one attached hydrogen (secondary N) is 1. The Morgan fingerprint density at radius 3 is 2.43 bits per heavy atom. The summed E-state index contributed by atoms with van der Waals surface area (Å²) in [5.41, 5.74) is 5.43. The molecule has 1 aromatic heterocycles. The molecule has 1 heterocycles. The number of nitrogens with zero attached hydrogens (tertiary/aromatic N) is 1. The number of benzene rings is 3. The predicted molar refractivity (Wildman–Crippen MR) is 110 cm³/mol. The molecule has 0 aliphatic rings. The van der Waals surface area contributed by atoms with Crippen LogP contribution in [-0.4, -0.2) is 9.97 Å². The Hall–Kier alpha value is -3.40. The van der Waals surface area contributed by atoms with Crippen molar-refractivity contribution < 1.29 is 9.13 Å². The van der Waals surface area contributed by atoms with Gasteiger partial charge in [-0.25, -0.2) is 9.37 Å². The van der Waals surface area contributed by atoms with Gasteiger partial charge in [0.2, 0.25) is 0 Å². The first kappa shape index (κ1) is 18.0. The minimum absolute atomic E-state index is 0.230. The van der Waals surface area contributed by atoms with E-state index in [1.54, 1.807) is 19.2 Å². The second kappa shape index (κ2) is 7.69. The monoisotopic (exact) mass is 372 g/mol. The molecule has 140 valence electrons. The summed E-state index contributed by atoms with van der Waals surface area (Å²) >= 11 is 0. The summed E-state index contributed by atoms with van der Waals surface area (Å²) in [6.07, 6.45) is 1.77. The molecule has 4 rings (SSSR count). The molecule has 0 fully saturated rings. The van der Waals surface area contributed by atoms with Crippen LogP contribution >= 0.6 is 0 Å². The molecule has 0 unspecified atom stereocenters. The van der Waals surface area contributed by atoms with Crippen LogP contribution in [0, 0.1) is 19.7 Å². The second-order valence-electron chi connectivity index (χ2n) is 6.86. The lowest BCUT2D eigenvalue weighted by molar-refractivity contribution is 0.304. The first-order valence-electron chi connectivity index (χ1n) is 9.19. The zero-order chi connectivity index (χ0) is 19.5. The maximum atomic E-state index is 13.8. The number of aromatic nitrogens is 2. The Morgan fingerprint density at radius 1 is 0.893 bits per heavy atom. The molecule has 3 nitrogen and oxygen atoms in total. The van der Waals surface area contributed by atoms with Crippen molar-refractivity contribution in [1.29, 1.82) is 0 Å². The minimum atomic E-state index is -0.230. The highest BCUT2D eigenvalue weighted by Crippen LogP contribution is 2.28. The van der Waals surface area contributed by atoms with Crippen molar-refractivity contribution in [3.05, 3.63) is 95.4 Å². The molecule has 28 heavy (non-hydrogen) atoms. The van der Waals surface area contributed by atoms with Crippen molar-refractivity contribution in [3.63, 3.8) is 0 Å². The zero-order valence-electron chi connectivity index (χ0n) is 15.9. The number of halogens is 1. The molecule has 0 saturated carbocycles. The molecule has 0 atom stereocenters. The van der Waals surface area contributed by atoms with Gasteiger partial charge in [0, 0.05) is 11.1 Å². The molecule has 0 amide bonds. The lowest BCUT2D eigenvalue weighted by Crippen LogP contribution is -1.97. The molecule has 3 aromatic carbocycles. The smallest absolute Gasteiger partial charge is 0.137 e. The molecule has 0 aliphatic heterocycles. The Bertz CT molecular complexity index is 1100. The van der Waals surface area contributed by atoms with Gasteiger partial charge in [0.25, 0.3) is 0 Å². The second-order valence-corrected chi connectivity index (χ2v) is 6.86. The molecule has 4 heteroatoms. The lowest BCUT2D eigenvalue weighted by Gasteiger charge is -2.10. The van der Waals surface area contributed by atoms with Crippen LogP contribution in [0.3, 0.4) is 0 Å². The van der Waals surface area contributed by atoms with E-state index in [9.17, 15) is 4.39 Å². The topological polar surface area (TPSA) is 37.9 Å². The summed E-state index contributed by atoms with van der Waals surface area (Å²) in [6, 6.07) is 21.3. The van der Waals surface area contributed by atoms with Crippen molar-refractivity contribution in [1.82, 2.24) is 9.97 Å². The van der Waals surface area contributed by atoms with E-state index in [2.05, 4.69) is 16.0 Å². The number of rotatable bonds is 5. The molecule has 4 aromatic rings. The van der Waals surface area contributed by atoms with Gasteiger partial charge in [0.05, 0.1) is 11.9 Å². The summed E-state index contributed by atoms with van der Waals surface area (Å²) < 4.78 is 19.8. The van der Waals surface area contributed by atoms with E-state index in [-0.39, 0.29) is 5.82 Å². The first-order valence-corrected chi connectivity index (χ1v) is 9.19. The number of hydrogen-bond donors (Lipinski definition) is 1. The summed E-state index contributed by atoms with van der Waals surface area (Å²) in [7, 11) is 0. The van der Waals surface area contributed by atoms with Crippen molar-refractivity contribution >= 4 is 0 Å². The van der Waals surface area contributed by atoms with Gasteiger partial charge in [0.1, 0.15) is 24.0 Å². The minimum Gasteiger partial charge on any atom is -0.489 e. The van der Waals surface area contributed by atoms with Gasteiger partial charge in [0.15, 0.2) is 0 Å². The van der Waals surface area contributed by atoms with E-state index in [4.69, 9.17) is 4.74 Å². The number of hydrogen-bond acceptors (Lipinski definition) is 2. The zero-order valence-corrected chi connectivity index (χ0v) is 15.9. The number of imidazole rings is 1. The average Bonchev–Trinajstić information content (AvgIpc) is 3.20. The van der Waals surface area contributed by atoms with Gasteiger partial charge >= 0.3 is 0 Å². The maximum absolute atomic E-state index is 13.8. The molecule has 0 saturated heterocycles. The van der Waals surface area contributed by atoms with Gasteiger partial charge in [-0.05, 0) is 54.8 Å². The van der Waals surface area contributed by atoms with E-state index < -0.39 is 0 Å². The molecular formula is C24H21FN2O. The summed E-state index contributed by atoms with van der Waals surface area (Å²) in [4.78, 5) is 7.69. The standard InChI is InChI=1S/C24H21FN2O/c1-16-8-9-20(13-21(16)25)24-26-14-22(27-24)19-10-11-23(17(2)12-19)28-15-18-6-4-3-5-7-18/h3-14H,15H2,1-2H3,(H,26,27). The Balaban J connectivity index is 1.53. The third-order valence-electron chi connectivity index (χ3n) is 4.74. The highest BCUT2D eigenvalue weighted by molar-refractivity contribution is 5.66. The fraction of sp³-hybridized carbons (Fsp3) is 0.125. The van der Waals surface area contributed by atoms with E-state index in [1.165, 1.54) is 6.07 Å². The number of H-pyrrole nitrogens is 1. The van der Waals surface area contributed by atoms with Crippen LogP contribution in [0.4, 0.5) is 4.39 Å². The Labute approximate surface area is 163 Å². The molecule has 0 radical (unpaired) electrons. The Kier molecular flexibility index (Phi) is 4.94. The SMILES string of the molecule is Cc1ccc(-c2ncc(-c3ccc(OCc4ccccc4)c(C)c3)[nH]2)cc1F. The quantitative estimate of drug-likeness (QED) is 0.461. The molecular weight excluding hydrogens is 351 g/mol. The molecule has 0 spiro atoms. The number of ether oxygens (including phenoxy) is 1. The third-order valence-corrected chi connectivity index (χ3v) is 4.74. The van der Waals surface area contributed by atoms with Crippen LogP contribution in [-0.2, 0) is 6.61 Å². The van der Waals surface area contributed by atoms with Gasteiger partial charge in [-0.1, -0.05) is 42.5 Å². The molecule has 0 aliphatic carbocycles. The normalized spacial score (nSPS) is 10.8. The molecule has 0 bridgehead atoms. The van der Waals surface area contributed by atoms with E-state index in [0.29, 0.717) is 18.0 Å². The van der Waals surface area contributed by atoms with Gasteiger partial charge < -0.3 is 9.72 Å². The van der Waals surface area contributed by atoms with Crippen molar-refractivity contribution in [3.8, 4) is 28.4 Å². The highest BCUT2D eigenvalue weighted by Gasteiger charge is 2.09. The largest absolute Gasteiger partial charge is 0.489 e. The van der Waals surface area contributed by atoms with Crippen LogP contribution in [0.1, 0.15) is 16.7 Å². The number of aromatic amines is 1. The van der Waals surface area contributed by atoms with E-state index in [0.717, 1.165) is 33.7 Å². The maximum Gasteiger partial charge on any atom is 0.137 e. The van der Waals surface area contributed by atoms with Gasteiger partial charge in [-0.2, -0.15) is 0 Å². The predicted octanol–water partition coefficient (Wildman–Crippen LogP) is 6.08. The summed E-state index contributed by atoms with van der Waals surface area (Å²) in [5.74, 6) is 1.27. The van der Waals surface area contributed by atoms with Crippen molar-refractivity contribution in [2.45, 2.75) is 20.5 Å². The van der Waals surface area contributed by atoms with Gasteiger partial charge in [-0.3, -0.25) is 0 Å². The van der Waals surface area contributed by atoms with E-state index >= 15 is 0 Å². The number of aryl methyl sites for hydroxylation is 2. The third kappa shape index (κ3) is 3.81. The molecule has 1 N–H and O–H groups in total. The van der Waals surface area contributed by atoms with E-state index in [1.807, 2.05) is 55.5 Å². The summed E-state index contributed by atoms with van der Waals surface area (Å²) in [6.45, 7) is 4.31. The highest BCUT2D eigenvalue weighted by atomic mass is 19.1. The fourth-order valence-electron chi connectivity index (χ4n) is 3.07. The Morgan fingerprint density at radius 2 is 1.68 bits per heavy atom. The first-order chi connectivity index (χ1) is 13.6. The van der Waals surface area contributed by atoms with Crippen LogP contribution in [0.2, 0.25) is 0 Å². The lowest BCUT2D eigenvalue weighted by atomic mass is 10.1. The van der Waals surface area contributed by atoms with Crippen molar-refractivity contribution in [2.24, 2.45) is 0 Å². The fourth-order valence-corrected chi connectivity index (χ4v) is 3.07. The van der Waals surface area contributed by atoms with Crippen LogP contribution in [0.5, 0.6) is 5.75 Å². The average molecular weight is 372 g/mol. The summed E-state index contributed by atoms with van der Waals surface area (Å²) in [5, 5.41) is 0. The van der Waals surface area contributed by atoms with Crippen LogP contribution < -0.4 is 4.74 Å². The van der Waals surface area contributed by atoms with Crippen molar-refractivity contribution in [2.75, 3.05) is 0 Å². The van der Waals surface area contributed by atoms with Crippen LogP contribution in [0.15, 0.2) is 72.9 Å². The van der Waals surface area contributed by atoms with Crippen LogP contribution in [0.25, 0.3) is 22.6 Å².